The zero-order chi connectivity index (χ0) is 16.1. The van der Waals surface area contributed by atoms with Crippen LogP contribution >= 0.6 is 0 Å². The molecule has 2 nitrogen and oxygen atoms in total. The van der Waals surface area contributed by atoms with E-state index in [0.29, 0.717) is 17.8 Å². The molecule has 0 aromatic heterocycles. The van der Waals surface area contributed by atoms with E-state index in [0.717, 1.165) is 31.6 Å². The van der Waals surface area contributed by atoms with Gasteiger partial charge >= 0.3 is 0 Å². The predicted molar refractivity (Wildman–Crippen MR) is 92.9 cm³/mol. The molecule has 2 fully saturated rings. The summed E-state index contributed by atoms with van der Waals surface area (Å²) in [5.41, 5.74) is 2.54. The summed E-state index contributed by atoms with van der Waals surface area (Å²) < 4.78 is 11.7. The molecule has 0 bridgehead atoms. The first-order valence-electron chi connectivity index (χ1n) is 8.72. The van der Waals surface area contributed by atoms with Crippen LogP contribution in [0.1, 0.15) is 55.9 Å². The molecule has 0 spiro atoms. The second-order valence-corrected chi connectivity index (χ2v) is 6.67. The molecule has 1 aliphatic heterocycles. The second kappa shape index (κ2) is 7.81. The lowest BCUT2D eigenvalue weighted by Crippen LogP contribution is -2.25. The lowest BCUT2D eigenvalue weighted by atomic mass is 9.79. The molecule has 1 aromatic rings. The normalized spacial score (nSPS) is 31.8. The molecule has 0 atom stereocenters. The molecule has 1 saturated carbocycles. The van der Waals surface area contributed by atoms with Gasteiger partial charge in [-0.05, 0) is 44.1 Å². The maximum absolute atomic E-state index is 5.85. The minimum Gasteiger partial charge on any atom is -0.348 e. The van der Waals surface area contributed by atoms with Crippen molar-refractivity contribution in [2.75, 3.05) is 13.2 Å². The highest BCUT2D eigenvalue weighted by atomic mass is 16.7. The number of ether oxygens (including phenoxy) is 2. The summed E-state index contributed by atoms with van der Waals surface area (Å²) in [5.74, 6) is 4.42. The Labute approximate surface area is 139 Å². The minimum absolute atomic E-state index is 0.220. The summed E-state index contributed by atoms with van der Waals surface area (Å²) in [6, 6.07) is 8.79. The van der Waals surface area contributed by atoms with Crippen LogP contribution in [-0.4, -0.2) is 13.2 Å². The van der Waals surface area contributed by atoms with Crippen molar-refractivity contribution in [3.63, 3.8) is 0 Å². The number of rotatable bonds is 3. The number of terminal acetylenes is 1. The van der Waals surface area contributed by atoms with E-state index < -0.39 is 0 Å². The second-order valence-electron chi connectivity index (χ2n) is 6.67. The van der Waals surface area contributed by atoms with E-state index in [4.69, 9.17) is 15.9 Å². The molecule has 0 unspecified atom stereocenters. The molecular weight excluding hydrogens is 284 g/mol. The Balaban J connectivity index is 1.57. The van der Waals surface area contributed by atoms with Gasteiger partial charge in [-0.15, -0.1) is 12.3 Å². The summed E-state index contributed by atoms with van der Waals surface area (Å²) in [6.07, 6.45) is 14.2. The molecule has 2 heteroatoms. The summed E-state index contributed by atoms with van der Waals surface area (Å²) >= 11 is 0. The molecule has 3 rings (SSSR count). The molecule has 2 aliphatic rings. The van der Waals surface area contributed by atoms with Crippen molar-refractivity contribution in [2.24, 2.45) is 11.8 Å². The van der Waals surface area contributed by atoms with Crippen molar-refractivity contribution >= 4 is 0 Å². The number of allylic oxidation sites excluding steroid dienone is 1. The number of hydrogen-bond acceptors (Lipinski definition) is 2. The fourth-order valence-electron chi connectivity index (χ4n) is 3.61. The Morgan fingerprint density at radius 3 is 2.17 bits per heavy atom. The van der Waals surface area contributed by atoms with Gasteiger partial charge < -0.3 is 9.47 Å². The molecule has 0 radical (unpaired) electrons. The topological polar surface area (TPSA) is 18.5 Å². The van der Waals surface area contributed by atoms with Crippen molar-refractivity contribution in [3.05, 3.63) is 47.5 Å². The molecule has 0 N–H and O–H groups in total. The zero-order valence-electron chi connectivity index (χ0n) is 13.9. The highest BCUT2D eigenvalue weighted by Gasteiger charge is 2.24. The van der Waals surface area contributed by atoms with Gasteiger partial charge in [0.1, 0.15) is 0 Å². The van der Waals surface area contributed by atoms with Crippen LogP contribution in [-0.2, 0) is 9.47 Å². The molecule has 0 amide bonds. The van der Waals surface area contributed by atoms with Crippen molar-refractivity contribution in [1.29, 1.82) is 0 Å². The molecule has 23 heavy (non-hydrogen) atoms. The summed E-state index contributed by atoms with van der Waals surface area (Å²) in [5, 5.41) is 0. The Morgan fingerprint density at radius 1 is 1.00 bits per heavy atom. The monoisotopic (exact) mass is 310 g/mol. The Morgan fingerprint density at radius 2 is 1.61 bits per heavy atom. The first-order valence-corrected chi connectivity index (χ1v) is 8.72. The van der Waals surface area contributed by atoms with Crippen LogP contribution in [0, 0.1) is 24.2 Å². The van der Waals surface area contributed by atoms with Crippen molar-refractivity contribution in [1.82, 2.24) is 0 Å². The van der Waals surface area contributed by atoms with Crippen molar-refractivity contribution < 1.29 is 9.47 Å². The summed E-state index contributed by atoms with van der Waals surface area (Å²) in [6.45, 7) is 3.49. The van der Waals surface area contributed by atoms with Crippen molar-refractivity contribution in [2.45, 2.75) is 44.8 Å². The average molecular weight is 310 g/mol. The van der Waals surface area contributed by atoms with Gasteiger partial charge in [-0.1, -0.05) is 36.4 Å². The van der Waals surface area contributed by atoms with E-state index in [1.807, 2.05) is 6.92 Å². The van der Waals surface area contributed by atoms with Crippen LogP contribution in [0.3, 0.4) is 0 Å². The standard InChI is InChI=1S/C21H26O2/c1-3-5-17-14-22-21(23-15-17)20-12-10-19(11-13-20)18-8-6-16(4-2)7-9-18/h2-3,5,10-13,16-18,21H,6-9,14-15H2,1H3/t16-,17-,18-,21-. The lowest BCUT2D eigenvalue weighted by Gasteiger charge is -2.29. The largest absolute Gasteiger partial charge is 0.348 e. The van der Waals surface area contributed by atoms with Crippen LogP contribution in [0.4, 0.5) is 0 Å². The molecule has 1 saturated heterocycles. The van der Waals surface area contributed by atoms with Gasteiger partial charge in [0, 0.05) is 17.4 Å². The van der Waals surface area contributed by atoms with E-state index >= 15 is 0 Å². The fraction of sp³-hybridized carbons (Fsp3) is 0.524. The van der Waals surface area contributed by atoms with E-state index in [2.05, 4.69) is 42.3 Å². The summed E-state index contributed by atoms with van der Waals surface area (Å²) in [7, 11) is 0. The SMILES string of the molecule is C#C[C@H]1CC[C@H](c2ccc([C@H]3OC[C@H](C=CC)CO3)cc2)CC1. The maximum atomic E-state index is 5.85. The van der Waals surface area contributed by atoms with Gasteiger partial charge in [0.25, 0.3) is 0 Å². The zero-order valence-corrected chi connectivity index (χ0v) is 13.9. The minimum atomic E-state index is -0.220. The first kappa shape index (κ1) is 16.3. The molecular formula is C21H26O2. The Hall–Kier alpha value is -1.56. The smallest absolute Gasteiger partial charge is 0.183 e. The average Bonchev–Trinajstić information content (AvgIpc) is 2.63. The van der Waals surface area contributed by atoms with E-state index in [1.54, 1.807) is 0 Å². The fourth-order valence-corrected chi connectivity index (χ4v) is 3.61. The van der Waals surface area contributed by atoms with E-state index in [-0.39, 0.29) is 6.29 Å². The molecule has 1 aromatic carbocycles. The molecule has 1 aliphatic carbocycles. The van der Waals surface area contributed by atoms with Gasteiger partial charge in [-0.25, -0.2) is 0 Å². The highest BCUT2D eigenvalue weighted by molar-refractivity contribution is 5.27. The van der Waals surface area contributed by atoms with Gasteiger partial charge in [0.15, 0.2) is 6.29 Å². The van der Waals surface area contributed by atoms with Gasteiger partial charge in [0.05, 0.1) is 13.2 Å². The van der Waals surface area contributed by atoms with Crippen molar-refractivity contribution in [3.8, 4) is 12.3 Å². The molecule has 1 heterocycles. The molecule has 122 valence electrons. The van der Waals surface area contributed by atoms with Gasteiger partial charge in [-0.2, -0.15) is 0 Å². The van der Waals surface area contributed by atoms with E-state index in [1.165, 1.54) is 18.4 Å². The lowest BCUT2D eigenvalue weighted by molar-refractivity contribution is -0.197. The third kappa shape index (κ3) is 4.05. The quantitative estimate of drug-likeness (QED) is 0.588. The van der Waals surface area contributed by atoms with Crippen LogP contribution < -0.4 is 0 Å². The van der Waals surface area contributed by atoms with Crippen LogP contribution in [0.25, 0.3) is 0 Å². The van der Waals surface area contributed by atoms with E-state index in [9.17, 15) is 0 Å². The van der Waals surface area contributed by atoms with Crippen LogP contribution in [0.15, 0.2) is 36.4 Å². The number of hydrogen-bond donors (Lipinski definition) is 0. The Kier molecular flexibility index (Phi) is 5.54. The number of benzene rings is 1. The Bertz CT molecular complexity index is 550. The highest BCUT2D eigenvalue weighted by Crippen LogP contribution is 2.36. The third-order valence-electron chi connectivity index (χ3n) is 5.03. The van der Waals surface area contributed by atoms with Crippen LogP contribution in [0.5, 0.6) is 0 Å². The van der Waals surface area contributed by atoms with Crippen LogP contribution in [0.2, 0.25) is 0 Å². The third-order valence-corrected chi connectivity index (χ3v) is 5.03. The van der Waals surface area contributed by atoms with Gasteiger partial charge in [0.2, 0.25) is 0 Å². The predicted octanol–water partition coefficient (Wildman–Crippen LogP) is 4.83. The maximum Gasteiger partial charge on any atom is 0.183 e. The summed E-state index contributed by atoms with van der Waals surface area (Å²) in [4.78, 5) is 0. The van der Waals surface area contributed by atoms with Gasteiger partial charge in [-0.3, -0.25) is 0 Å². The first-order chi connectivity index (χ1) is 11.3.